The third-order valence-corrected chi connectivity index (χ3v) is 3.59. The number of hydrogen-bond donors (Lipinski definition) is 2. The highest BCUT2D eigenvalue weighted by molar-refractivity contribution is 5.66. The number of aryl methyl sites for hydroxylation is 1. The summed E-state index contributed by atoms with van der Waals surface area (Å²) in [4.78, 5) is 0. The first-order valence-electron chi connectivity index (χ1n) is 6.25. The first-order chi connectivity index (χ1) is 7.65. The molecule has 1 fully saturated rings. The smallest absolute Gasteiger partial charge is 0.0574 e. The molecule has 2 nitrogen and oxygen atoms in total. The molecular weight excluding hydrogens is 196 g/mol. The van der Waals surface area contributed by atoms with E-state index in [1.165, 1.54) is 24.8 Å². The largest absolute Gasteiger partial charge is 0.397 e. The Hall–Kier alpha value is -1.18. The van der Waals surface area contributed by atoms with Gasteiger partial charge in [0.2, 0.25) is 0 Å². The van der Waals surface area contributed by atoms with E-state index >= 15 is 0 Å². The summed E-state index contributed by atoms with van der Waals surface area (Å²) in [6.07, 6.45) is 4.11. The van der Waals surface area contributed by atoms with Crippen LogP contribution in [-0.2, 0) is 0 Å². The van der Waals surface area contributed by atoms with Gasteiger partial charge in [0.15, 0.2) is 0 Å². The van der Waals surface area contributed by atoms with Crippen molar-refractivity contribution in [3.05, 3.63) is 23.8 Å². The Bertz CT molecular complexity index is 360. The van der Waals surface area contributed by atoms with Gasteiger partial charge in [-0.15, -0.1) is 0 Å². The maximum absolute atomic E-state index is 5.97. The molecule has 0 aromatic heterocycles. The van der Waals surface area contributed by atoms with Crippen molar-refractivity contribution in [3.8, 4) is 0 Å². The van der Waals surface area contributed by atoms with Crippen LogP contribution >= 0.6 is 0 Å². The van der Waals surface area contributed by atoms with Gasteiger partial charge in [-0.1, -0.05) is 19.4 Å². The first kappa shape index (κ1) is 11.3. The van der Waals surface area contributed by atoms with E-state index in [9.17, 15) is 0 Å². The molecule has 0 aliphatic heterocycles. The van der Waals surface area contributed by atoms with Crippen LogP contribution in [0.3, 0.4) is 0 Å². The third kappa shape index (κ3) is 2.69. The van der Waals surface area contributed by atoms with E-state index in [1.54, 1.807) is 0 Å². The lowest BCUT2D eigenvalue weighted by Gasteiger charge is -2.14. The number of nitrogen functional groups attached to an aromatic ring is 1. The van der Waals surface area contributed by atoms with Gasteiger partial charge < -0.3 is 11.1 Å². The number of benzene rings is 1. The molecule has 2 atom stereocenters. The van der Waals surface area contributed by atoms with Crippen LogP contribution in [0, 0.1) is 18.8 Å². The molecule has 2 rings (SSSR count). The molecule has 16 heavy (non-hydrogen) atoms. The molecule has 1 saturated carbocycles. The van der Waals surface area contributed by atoms with Crippen LogP contribution in [-0.4, -0.2) is 6.54 Å². The highest BCUT2D eigenvalue weighted by Gasteiger charge is 2.20. The second-order valence-corrected chi connectivity index (χ2v) is 5.26. The molecule has 0 amide bonds. The minimum absolute atomic E-state index is 0.829. The average molecular weight is 218 g/mol. The summed E-state index contributed by atoms with van der Waals surface area (Å²) in [5, 5.41) is 3.48. The molecule has 1 aromatic rings. The highest BCUT2D eigenvalue weighted by Crippen LogP contribution is 2.31. The fourth-order valence-corrected chi connectivity index (χ4v) is 2.61. The maximum atomic E-state index is 5.97. The minimum atomic E-state index is 0.829. The van der Waals surface area contributed by atoms with Crippen molar-refractivity contribution in [2.45, 2.75) is 33.1 Å². The maximum Gasteiger partial charge on any atom is 0.0574 e. The summed E-state index contributed by atoms with van der Waals surface area (Å²) in [5.41, 5.74) is 9.15. The monoisotopic (exact) mass is 218 g/mol. The summed E-state index contributed by atoms with van der Waals surface area (Å²) in [7, 11) is 0. The van der Waals surface area contributed by atoms with Crippen molar-refractivity contribution in [1.29, 1.82) is 0 Å². The number of nitrogens with two attached hydrogens (primary N) is 1. The van der Waals surface area contributed by atoms with E-state index in [2.05, 4.69) is 31.3 Å². The lowest BCUT2D eigenvalue weighted by atomic mass is 10.1. The summed E-state index contributed by atoms with van der Waals surface area (Å²) < 4.78 is 0. The van der Waals surface area contributed by atoms with Crippen molar-refractivity contribution in [1.82, 2.24) is 0 Å². The summed E-state index contributed by atoms with van der Waals surface area (Å²) in [5.74, 6) is 1.73. The lowest BCUT2D eigenvalue weighted by Crippen LogP contribution is -2.12. The van der Waals surface area contributed by atoms with E-state index in [0.29, 0.717) is 0 Å². The van der Waals surface area contributed by atoms with Crippen LogP contribution in [0.1, 0.15) is 31.7 Å². The van der Waals surface area contributed by atoms with E-state index in [-0.39, 0.29) is 0 Å². The molecule has 1 aliphatic carbocycles. The summed E-state index contributed by atoms with van der Waals surface area (Å²) in [6.45, 7) is 5.48. The topological polar surface area (TPSA) is 38.0 Å². The average Bonchev–Trinajstić information content (AvgIpc) is 2.63. The molecule has 2 unspecified atom stereocenters. The van der Waals surface area contributed by atoms with E-state index in [4.69, 9.17) is 5.73 Å². The predicted octanol–water partition coefficient (Wildman–Crippen LogP) is 3.43. The quantitative estimate of drug-likeness (QED) is 0.763. The van der Waals surface area contributed by atoms with Crippen molar-refractivity contribution in [2.75, 3.05) is 17.6 Å². The molecule has 0 radical (unpaired) electrons. The van der Waals surface area contributed by atoms with Gasteiger partial charge >= 0.3 is 0 Å². The standard InChI is InChI=1S/C14H22N2/c1-10-3-5-12(7-10)9-16-14-6-4-11(2)8-13(14)15/h4,6,8,10,12,16H,3,5,7,9,15H2,1-2H3. The van der Waals surface area contributed by atoms with Gasteiger partial charge in [-0.25, -0.2) is 0 Å². The van der Waals surface area contributed by atoms with E-state index in [1.807, 2.05) is 6.07 Å². The predicted molar refractivity (Wildman–Crippen MR) is 70.6 cm³/mol. The third-order valence-electron chi connectivity index (χ3n) is 3.59. The Labute approximate surface area is 98.2 Å². The molecule has 88 valence electrons. The van der Waals surface area contributed by atoms with Crippen LogP contribution in [0.4, 0.5) is 11.4 Å². The van der Waals surface area contributed by atoms with Crippen LogP contribution in [0.25, 0.3) is 0 Å². The fraction of sp³-hybridized carbons (Fsp3) is 0.571. The van der Waals surface area contributed by atoms with Crippen molar-refractivity contribution in [2.24, 2.45) is 11.8 Å². The van der Waals surface area contributed by atoms with E-state index < -0.39 is 0 Å². The second-order valence-electron chi connectivity index (χ2n) is 5.26. The summed E-state index contributed by atoms with van der Waals surface area (Å²) in [6, 6.07) is 6.22. The lowest BCUT2D eigenvalue weighted by molar-refractivity contribution is 0.537. The number of anilines is 2. The van der Waals surface area contributed by atoms with Crippen LogP contribution in [0.5, 0.6) is 0 Å². The first-order valence-corrected chi connectivity index (χ1v) is 6.25. The van der Waals surface area contributed by atoms with Gasteiger partial charge in [-0.3, -0.25) is 0 Å². The molecular formula is C14H22N2. The Balaban J connectivity index is 1.89. The minimum Gasteiger partial charge on any atom is -0.397 e. The van der Waals surface area contributed by atoms with Gasteiger partial charge in [-0.05, 0) is 49.3 Å². The van der Waals surface area contributed by atoms with Crippen LogP contribution in [0.15, 0.2) is 18.2 Å². The number of hydrogen-bond acceptors (Lipinski definition) is 2. The Kier molecular flexibility index (Phi) is 3.37. The van der Waals surface area contributed by atoms with Gasteiger partial charge in [0.05, 0.1) is 11.4 Å². The highest BCUT2D eigenvalue weighted by atomic mass is 14.9. The SMILES string of the molecule is Cc1ccc(NCC2CCC(C)C2)c(N)c1. The van der Waals surface area contributed by atoms with Gasteiger partial charge in [0, 0.05) is 6.54 Å². The van der Waals surface area contributed by atoms with Crippen LogP contribution < -0.4 is 11.1 Å². The zero-order valence-electron chi connectivity index (χ0n) is 10.3. The van der Waals surface area contributed by atoms with Gasteiger partial charge in [0.25, 0.3) is 0 Å². The Morgan fingerprint density at radius 2 is 2.19 bits per heavy atom. The van der Waals surface area contributed by atoms with Crippen molar-refractivity contribution < 1.29 is 0 Å². The molecule has 2 heteroatoms. The number of nitrogens with one attached hydrogen (secondary N) is 1. The number of rotatable bonds is 3. The van der Waals surface area contributed by atoms with Gasteiger partial charge in [0.1, 0.15) is 0 Å². The molecule has 1 aromatic carbocycles. The summed E-state index contributed by atoms with van der Waals surface area (Å²) >= 11 is 0. The van der Waals surface area contributed by atoms with Crippen molar-refractivity contribution >= 4 is 11.4 Å². The molecule has 0 heterocycles. The van der Waals surface area contributed by atoms with Gasteiger partial charge in [-0.2, -0.15) is 0 Å². The zero-order valence-corrected chi connectivity index (χ0v) is 10.3. The molecule has 1 aliphatic rings. The molecule has 0 spiro atoms. The Morgan fingerprint density at radius 1 is 1.38 bits per heavy atom. The molecule has 3 N–H and O–H groups in total. The zero-order chi connectivity index (χ0) is 11.5. The molecule has 0 saturated heterocycles. The Morgan fingerprint density at radius 3 is 2.81 bits per heavy atom. The molecule has 0 bridgehead atoms. The van der Waals surface area contributed by atoms with Crippen LogP contribution in [0.2, 0.25) is 0 Å². The van der Waals surface area contributed by atoms with E-state index in [0.717, 1.165) is 29.8 Å². The van der Waals surface area contributed by atoms with Crippen molar-refractivity contribution in [3.63, 3.8) is 0 Å². The normalized spacial score (nSPS) is 24.6. The fourth-order valence-electron chi connectivity index (χ4n) is 2.61. The second kappa shape index (κ2) is 4.77.